The zero-order chi connectivity index (χ0) is 15.1. The van der Waals surface area contributed by atoms with Crippen molar-refractivity contribution in [1.82, 2.24) is 0 Å². The second-order valence-corrected chi connectivity index (χ2v) is 4.70. The molecular weight excluding hydrogens is 260 g/mol. The molecule has 0 saturated heterocycles. The van der Waals surface area contributed by atoms with Crippen LogP contribution in [0.15, 0.2) is 72.8 Å². The molecular formula is C19H16O2. The summed E-state index contributed by atoms with van der Waals surface area (Å²) >= 11 is 0. The van der Waals surface area contributed by atoms with Crippen molar-refractivity contribution >= 4 is 6.29 Å². The number of carbonyl (C=O) groups is 1. The summed E-state index contributed by atoms with van der Waals surface area (Å²) in [6.07, 6.45) is 3.38. The fraction of sp³-hybridized carbons (Fsp3) is 0.105. The molecule has 2 nitrogen and oxygen atoms in total. The molecule has 104 valence electrons. The Morgan fingerprint density at radius 1 is 1.05 bits per heavy atom. The van der Waals surface area contributed by atoms with E-state index in [0.717, 1.165) is 17.4 Å². The molecule has 0 N–H and O–H groups in total. The van der Waals surface area contributed by atoms with Gasteiger partial charge in [0.05, 0.1) is 0 Å². The van der Waals surface area contributed by atoms with Gasteiger partial charge in [0.1, 0.15) is 6.11 Å². The fourth-order valence-electron chi connectivity index (χ4n) is 2.01. The lowest BCUT2D eigenvalue weighted by Gasteiger charge is -2.26. The predicted octanol–water partition coefficient (Wildman–Crippen LogP) is 3.68. The third kappa shape index (κ3) is 3.21. The van der Waals surface area contributed by atoms with Gasteiger partial charge in [-0.3, -0.25) is 4.79 Å². The molecule has 2 aromatic rings. The second kappa shape index (κ2) is 6.58. The quantitative estimate of drug-likeness (QED) is 0.629. The van der Waals surface area contributed by atoms with E-state index in [2.05, 4.69) is 18.6 Å². The van der Waals surface area contributed by atoms with Crippen molar-refractivity contribution in [2.45, 2.75) is 12.5 Å². The Hall–Kier alpha value is -2.79. The predicted molar refractivity (Wildman–Crippen MR) is 83.4 cm³/mol. The van der Waals surface area contributed by atoms with Crippen molar-refractivity contribution in [1.29, 1.82) is 0 Å². The van der Waals surface area contributed by atoms with Gasteiger partial charge in [-0.25, -0.2) is 0 Å². The number of aldehydes is 1. The summed E-state index contributed by atoms with van der Waals surface area (Å²) in [7, 11) is 0. The van der Waals surface area contributed by atoms with E-state index in [-0.39, 0.29) is 0 Å². The Bertz CT molecular complexity index is 636. The molecule has 0 fully saturated rings. The van der Waals surface area contributed by atoms with Crippen molar-refractivity contribution in [3.63, 3.8) is 0 Å². The van der Waals surface area contributed by atoms with Gasteiger partial charge in [-0.15, -0.1) is 0 Å². The Kier molecular flexibility index (Phi) is 4.58. The molecule has 0 aliphatic heterocycles. The van der Waals surface area contributed by atoms with Crippen molar-refractivity contribution < 1.29 is 9.53 Å². The summed E-state index contributed by atoms with van der Waals surface area (Å²) in [6.45, 7) is 5.49. The lowest BCUT2D eigenvalue weighted by molar-refractivity contribution is -0.120. The van der Waals surface area contributed by atoms with Crippen LogP contribution >= 0.6 is 0 Å². The SMILES string of the molecule is C=C(C)C#COC(C=O)(c1ccccc1)c1ccccc1. The standard InChI is InChI=1S/C19H16O2/c1-16(2)13-14-21-19(15-20,17-9-5-3-6-10-17)18-11-7-4-8-12-18/h3-12,15H,1H2,2H3. The first-order valence-electron chi connectivity index (χ1n) is 6.61. The molecule has 0 unspecified atom stereocenters. The number of rotatable bonds is 4. The van der Waals surface area contributed by atoms with Gasteiger partial charge in [0, 0.05) is 11.1 Å². The van der Waals surface area contributed by atoms with E-state index in [0.29, 0.717) is 5.57 Å². The van der Waals surface area contributed by atoms with E-state index >= 15 is 0 Å². The molecule has 0 aliphatic rings. The lowest BCUT2D eigenvalue weighted by Crippen LogP contribution is -2.31. The Balaban J connectivity index is 2.55. The zero-order valence-electron chi connectivity index (χ0n) is 11.9. The van der Waals surface area contributed by atoms with Gasteiger partial charge >= 0.3 is 0 Å². The van der Waals surface area contributed by atoms with Gasteiger partial charge < -0.3 is 4.74 Å². The van der Waals surface area contributed by atoms with Crippen LogP contribution in [0.4, 0.5) is 0 Å². The molecule has 0 amide bonds. The third-order valence-electron chi connectivity index (χ3n) is 3.05. The van der Waals surface area contributed by atoms with Crippen LogP contribution in [-0.2, 0) is 15.1 Å². The maximum atomic E-state index is 11.9. The minimum absolute atomic E-state index is 0.677. The monoisotopic (exact) mass is 276 g/mol. The first kappa shape index (κ1) is 14.6. The number of carbonyl (C=O) groups excluding carboxylic acids is 1. The lowest BCUT2D eigenvalue weighted by atomic mass is 9.87. The summed E-state index contributed by atoms with van der Waals surface area (Å²) in [5.41, 5.74) is 0.922. The molecule has 0 heterocycles. The molecule has 0 saturated carbocycles. The average molecular weight is 276 g/mol. The maximum Gasteiger partial charge on any atom is 0.225 e. The van der Waals surface area contributed by atoms with Gasteiger partial charge in [0.25, 0.3) is 0 Å². The highest BCUT2D eigenvalue weighted by Crippen LogP contribution is 2.31. The van der Waals surface area contributed by atoms with E-state index in [1.54, 1.807) is 6.92 Å². The van der Waals surface area contributed by atoms with Crippen molar-refractivity contribution in [3.8, 4) is 12.0 Å². The average Bonchev–Trinajstić information content (AvgIpc) is 2.53. The smallest absolute Gasteiger partial charge is 0.225 e. The van der Waals surface area contributed by atoms with Crippen LogP contribution < -0.4 is 0 Å². The van der Waals surface area contributed by atoms with Gasteiger partial charge in [-0.2, -0.15) is 0 Å². The topological polar surface area (TPSA) is 26.3 Å². The summed E-state index contributed by atoms with van der Waals surface area (Å²) in [5, 5.41) is 0. The minimum atomic E-state index is -1.23. The van der Waals surface area contributed by atoms with Crippen LogP contribution in [0, 0.1) is 12.0 Å². The molecule has 2 aromatic carbocycles. The first-order chi connectivity index (χ1) is 10.2. The highest BCUT2D eigenvalue weighted by atomic mass is 16.5. The van der Waals surface area contributed by atoms with E-state index in [4.69, 9.17) is 4.74 Å². The van der Waals surface area contributed by atoms with Crippen molar-refractivity contribution in [3.05, 3.63) is 83.9 Å². The van der Waals surface area contributed by atoms with Crippen LogP contribution in [0.1, 0.15) is 18.1 Å². The normalized spacial score (nSPS) is 10.1. The van der Waals surface area contributed by atoms with Crippen LogP contribution in [0.25, 0.3) is 0 Å². The Labute approximate surface area is 125 Å². The summed E-state index contributed by atoms with van der Waals surface area (Å²) in [4.78, 5) is 11.9. The van der Waals surface area contributed by atoms with Crippen LogP contribution in [0.2, 0.25) is 0 Å². The highest BCUT2D eigenvalue weighted by Gasteiger charge is 2.36. The number of benzene rings is 2. The van der Waals surface area contributed by atoms with Gasteiger partial charge in [-0.1, -0.05) is 67.2 Å². The van der Waals surface area contributed by atoms with E-state index < -0.39 is 5.60 Å². The zero-order valence-corrected chi connectivity index (χ0v) is 11.9. The number of hydrogen-bond acceptors (Lipinski definition) is 2. The van der Waals surface area contributed by atoms with E-state index in [1.165, 1.54) is 0 Å². The Morgan fingerprint density at radius 3 is 1.90 bits per heavy atom. The van der Waals surface area contributed by atoms with E-state index in [9.17, 15) is 4.79 Å². The van der Waals surface area contributed by atoms with Crippen LogP contribution in [0.5, 0.6) is 0 Å². The molecule has 0 atom stereocenters. The number of hydrogen-bond donors (Lipinski definition) is 0. The van der Waals surface area contributed by atoms with Gasteiger partial charge in [0.2, 0.25) is 5.60 Å². The molecule has 0 spiro atoms. The third-order valence-corrected chi connectivity index (χ3v) is 3.05. The second-order valence-electron chi connectivity index (χ2n) is 4.70. The van der Waals surface area contributed by atoms with Crippen molar-refractivity contribution in [2.24, 2.45) is 0 Å². The maximum absolute atomic E-state index is 11.9. The summed E-state index contributed by atoms with van der Waals surface area (Å²) in [5.74, 6) is 2.75. The Morgan fingerprint density at radius 2 is 1.52 bits per heavy atom. The first-order valence-corrected chi connectivity index (χ1v) is 6.61. The summed E-state index contributed by atoms with van der Waals surface area (Å²) in [6, 6.07) is 18.7. The highest BCUT2D eigenvalue weighted by molar-refractivity contribution is 5.73. The molecule has 0 bridgehead atoms. The van der Waals surface area contributed by atoms with E-state index in [1.807, 2.05) is 60.7 Å². The van der Waals surface area contributed by atoms with Crippen molar-refractivity contribution in [2.75, 3.05) is 0 Å². The molecule has 0 aliphatic carbocycles. The summed E-state index contributed by atoms with van der Waals surface area (Å²) < 4.78 is 5.67. The largest absolute Gasteiger partial charge is 0.422 e. The van der Waals surface area contributed by atoms with Gasteiger partial charge in [-0.05, 0) is 18.4 Å². The minimum Gasteiger partial charge on any atom is -0.422 e. The molecule has 0 radical (unpaired) electrons. The van der Waals surface area contributed by atoms with Crippen LogP contribution in [0.3, 0.4) is 0 Å². The fourth-order valence-corrected chi connectivity index (χ4v) is 2.01. The molecule has 2 rings (SSSR count). The number of ether oxygens (including phenoxy) is 1. The number of allylic oxidation sites excluding steroid dienone is 1. The molecule has 0 aromatic heterocycles. The van der Waals surface area contributed by atoms with Gasteiger partial charge in [0.15, 0.2) is 6.29 Å². The molecule has 21 heavy (non-hydrogen) atoms. The molecule has 2 heteroatoms. The van der Waals surface area contributed by atoms with Crippen LogP contribution in [-0.4, -0.2) is 6.29 Å².